The molecule has 0 aromatic heterocycles. The number of nitrogens with one attached hydrogen (secondary N) is 1. The van der Waals surface area contributed by atoms with Crippen molar-refractivity contribution in [3.63, 3.8) is 0 Å². The minimum atomic E-state index is -0.750. The number of benzene rings is 2. The van der Waals surface area contributed by atoms with Gasteiger partial charge >= 0.3 is 0 Å². The van der Waals surface area contributed by atoms with Crippen LogP contribution in [-0.4, -0.2) is 17.4 Å². The number of amides is 1. The van der Waals surface area contributed by atoms with Gasteiger partial charge in [-0.15, -0.1) is 0 Å². The number of unbranched alkanes of at least 4 members (excludes halogenated alkanes) is 3. The first-order valence-corrected chi connectivity index (χ1v) is 9.39. The van der Waals surface area contributed by atoms with Crippen LogP contribution in [-0.2, 0) is 0 Å². The number of rotatable bonds is 9. The van der Waals surface area contributed by atoms with Crippen LogP contribution >= 0.6 is 15.9 Å². The Labute approximate surface area is 165 Å². The fraction of sp³-hybridized carbons (Fsp3) is 0.316. The highest BCUT2D eigenvalue weighted by atomic mass is 79.9. The van der Waals surface area contributed by atoms with Crippen molar-refractivity contribution < 1.29 is 18.8 Å². The largest absolute Gasteiger partial charge is 0.492 e. The zero-order valence-electron chi connectivity index (χ0n) is 14.8. The Kier molecular flexibility index (Phi) is 7.72. The number of carbonyl (C=O) groups is 1. The zero-order chi connectivity index (χ0) is 19.8. The number of carbonyl (C=O) groups excluding carboxylic acids is 1. The van der Waals surface area contributed by atoms with Gasteiger partial charge in [0.05, 0.1) is 21.7 Å². The minimum Gasteiger partial charge on any atom is -0.492 e. The first-order valence-electron chi connectivity index (χ1n) is 8.60. The number of nitro benzene ring substituents is 1. The third-order valence-corrected chi connectivity index (χ3v) is 4.48. The number of hydrogen-bond acceptors (Lipinski definition) is 4. The van der Waals surface area contributed by atoms with Crippen LogP contribution in [0.25, 0.3) is 0 Å². The maximum atomic E-state index is 13.8. The third kappa shape index (κ3) is 6.02. The molecule has 0 spiro atoms. The summed E-state index contributed by atoms with van der Waals surface area (Å²) in [5.41, 5.74) is -0.285. The Bertz CT molecular complexity index is 829. The quantitative estimate of drug-likeness (QED) is 0.308. The van der Waals surface area contributed by atoms with Gasteiger partial charge in [0, 0.05) is 17.7 Å². The molecule has 0 radical (unpaired) electrons. The first-order chi connectivity index (χ1) is 12.9. The second kappa shape index (κ2) is 10.0. The highest BCUT2D eigenvalue weighted by molar-refractivity contribution is 9.10. The lowest BCUT2D eigenvalue weighted by molar-refractivity contribution is -0.384. The van der Waals surface area contributed by atoms with Crippen LogP contribution in [0, 0.1) is 15.9 Å². The lowest BCUT2D eigenvalue weighted by Crippen LogP contribution is -2.13. The Morgan fingerprint density at radius 3 is 2.67 bits per heavy atom. The van der Waals surface area contributed by atoms with Gasteiger partial charge in [-0.1, -0.05) is 26.2 Å². The summed E-state index contributed by atoms with van der Waals surface area (Å²) < 4.78 is 20.1. The van der Waals surface area contributed by atoms with Crippen LogP contribution in [0.5, 0.6) is 5.75 Å². The first kappa shape index (κ1) is 20.8. The van der Waals surface area contributed by atoms with Crippen molar-refractivity contribution in [3.05, 3.63) is 62.4 Å². The zero-order valence-corrected chi connectivity index (χ0v) is 16.4. The summed E-state index contributed by atoms with van der Waals surface area (Å²) in [5.74, 6) is -0.714. The average Bonchev–Trinajstić information content (AvgIpc) is 2.64. The van der Waals surface area contributed by atoms with Crippen LogP contribution in [0.3, 0.4) is 0 Å². The molecular weight excluding hydrogens is 419 g/mol. The molecule has 1 amide bonds. The van der Waals surface area contributed by atoms with Crippen molar-refractivity contribution >= 4 is 33.2 Å². The van der Waals surface area contributed by atoms with Crippen molar-refractivity contribution in [1.29, 1.82) is 0 Å². The number of non-ortho nitro benzene ring substituents is 1. The van der Waals surface area contributed by atoms with E-state index in [-0.39, 0.29) is 16.9 Å². The lowest BCUT2D eigenvalue weighted by atomic mass is 10.2. The molecule has 0 saturated heterocycles. The normalized spacial score (nSPS) is 10.5. The fourth-order valence-electron chi connectivity index (χ4n) is 2.39. The minimum absolute atomic E-state index is 0.249. The topological polar surface area (TPSA) is 81.5 Å². The van der Waals surface area contributed by atoms with Crippen molar-refractivity contribution in [2.24, 2.45) is 0 Å². The molecule has 2 aromatic carbocycles. The summed E-state index contributed by atoms with van der Waals surface area (Å²) in [6.07, 6.45) is 4.37. The molecule has 2 rings (SSSR count). The van der Waals surface area contributed by atoms with E-state index in [0.29, 0.717) is 16.8 Å². The van der Waals surface area contributed by atoms with Crippen LogP contribution in [0.15, 0.2) is 40.9 Å². The number of ether oxygens (including phenoxy) is 1. The van der Waals surface area contributed by atoms with Gasteiger partial charge in [-0.25, -0.2) is 4.39 Å². The van der Waals surface area contributed by atoms with Crippen molar-refractivity contribution in [2.75, 3.05) is 11.9 Å². The number of nitrogens with zero attached hydrogens (tertiary/aromatic N) is 1. The smallest absolute Gasteiger partial charge is 0.271 e. The van der Waals surface area contributed by atoms with E-state index >= 15 is 0 Å². The molecule has 0 aliphatic rings. The van der Waals surface area contributed by atoms with Crippen LogP contribution in [0.1, 0.15) is 43.0 Å². The molecule has 6 nitrogen and oxygen atoms in total. The maximum absolute atomic E-state index is 13.8. The van der Waals surface area contributed by atoms with Gasteiger partial charge in [0.15, 0.2) is 0 Å². The highest BCUT2D eigenvalue weighted by Crippen LogP contribution is 2.27. The second-order valence-electron chi connectivity index (χ2n) is 5.93. The summed E-state index contributed by atoms with van der Waals surface area (Å²) in [4.78, 5) is 22.5. The molecule has 144 valence electrons. The van der Waals surface area contributed by atoms with Crippen molar-refractivity contribution in [1.82, 2.24) is 0 Å². The van der Waals surface area contributed by atoms with E-state index < -0.39 is 16.6 Å². The van der Waals surface area contributed by atoms with Gasteiger partial charge in [0.25, 0.3) is 11.6 Å². The number of anilines is 1. The molecule has 8 heteroatoms. The molecule has 0 aliphatic heterocycles. The Hall–Kier alpha value is -2.48. The number of nitro groups is 1. The van der Waals surface area contributed by atoms with E-state index in [0.717, 1.165) is 43.9 Å². The molecule has 0 atom stereocenters. The highest BCUT2D eigenvalue weighted by Gasteiger charge is 2.15. The number of halogens is 2. The average molecular weight is 439 g/mol. The van der Waals surface area contributed by atoms with E-state index in [1.165, 1.54) is 0 Å². The summed E-state index contributed by atoms with van der Waals surface area (Å²) in [6.45, 7) is 2.73. The summed E-state index contributed by atoms with van der Waals surface area (Å²) >= 11 is 3.36. The van der Waals surface area contributed by atoms with Crippen LogP contribution < -0.4 is 10.1 Å². The molecule has 27 heavy (non-hydrogen) atoms. The van der Waals surface area contributed by atoms with Gasteiger partial charge in [-0.2, -0.15) is 0 Å². The Morgan fingerprint density at radius 1 is 1.22 bits per heavy atom. The standard InChI is InChI=1S/C19H20BrFN2O4/c1-2-3-4-5-10-27-18-9-6-13(11-15(18)20)19(24)22-17-12-14(23(25)26)7-8-16(17)21/h6-9,11-12H,2-5,10H2,1H3,(H,22,24). The van der Waals surface area contributed by atoms with Gasteiger partial charge in [-0.3, -0.25) is 14.9 Å². The van der Waals surface area contributed by atoms with E-state index in [2.05, 4.69) is 28.2 Å². The molecule has 0 fully saturated rings. The summed E-state index contributed by atoms with van der Waals surface area (Å²) in [7, 11) is 0. The van der Waals surface area contributed by atoms with Crippen molar-refractivity contribution in [2.45, 2.75) is 32.6 Å². The van der Waals surface area contributed by atoms with E-state index in [9.17, 15) is 19.3 Å². The van der Waals surface area contributed by atoms with Gasteiger partial charge in [-0.05, 0) is 46.6 Å². The Morgan fingerprint density at radius 2 is 2.00 bits per heavy atom. The maximum Gasteiger partial charge on any atom is 0.271 e. The summed E-state index contributed by atoms with van der Waals surface area (Å²) in [5, 5.41) is 13.2. The summed E-state index contributed by atoms with van der Waals surface area (Å²) in [6, 6.07) is 7.73. The van der Waals surface area contributed by atoms with Gasteiger partial charge in [0.1, 0.15) is 11.6 Å². The molecule has 0 heterocycles. The van der Waals surface area contributed by atoms with Crippen molar-refractivity contribution in [3.8, 4) is 5.75 Å². The van der Waals surface area contributed by atoms with Gasteiger partial charge < -0.3 is 10.1 Å². The monoisotopic (exact) mass is 438 g/mol. The SMILES string of the molecule is CCCCCCOc1ccc(C(=O)Nc2cc([N+](=O)[O-])ccc2F)cc1Br. The number of hydrogen-bond donors (Lipinski definition) is 1. The molecule has 0 unspecified atom stereocenters. The molecule has 2 aromatic rings. The fourth-order valence-corrected chi connectivity index (χ4v) is 2.88. The molecule has 0 saturated carbocycles. The predicted molar refractivity (Wildman–Crippen MR) is 105 cm³/mol. The second-order valence-corrected chi connectivity index (χ2v) is 6.78. The lowest BCUT2D eigenvalue weighted by Gasteiger charge is -2.10. The Balaban J connectivity index is 2.04. The molecule has 0 aliphatic carbocycles. The van der Waals surface area contributed by atoms with E-state index in [1.807, 2.05) is 0 Å². The van der Waals surface area contributed by atoms with Gasteiger partial charge in [0.2, 0.25) is 0 Å². The van der Waals surface area contributed by atoms with E-state index in [1.54, 1.807) is 18.2 Å². The molecule has 1 N–H and O–H groups in total. The van der Waals surface area contributed by atoms with Crippen LogP contribution in [0.4, 0.5) is 15.8 Å². The van der Waals surface area contributed by atoms with E-state index in [4.69, 9.17) is 4.74 Å². The predicted octanol–water partition coefficient (Wildman–Crippen LogP) is 5.71. The molecule has 0 bridgehead atoms. The van der Waals surface area contributed by atoms with Crippen LogP contribution in [0.2, 0.25) is 0 Å². The third-order valence-electron chi connectivity index (χ3n) is 3.86. The molecular formula is C19H20BrFN2O4.